The summed E-state index contributed by atoms with van der Waals surface area (Å²) in [4.78, 5) is 19.3. The first-order valence-electron chi connectivity index (χ1n) is 4.23. The summed E-state index contributed by atoms with van der Waals surface area (Å²) >= 11 is 1.39. The van der Waals surface area contributed by atoms with E-state index in [1.807, 2.05) is 11.6 Å². The second-order valence-electron chi connectivity index (χ2n) is 2.92. The number of aromatic nitrogens is 3. The van der Waals surface area contributed by atoms with Gasteiger partial charge in [-0.2, -0.15) is 0 Å². The average molecular weight is 223 g/mol. The van der Waals surface area contributed by atoms with Crippen LogP contribution in [0, 0.1) is 0 Å². The molecule has 6 heteroatoms. The van der Waals surface area contributed by atoms with E-state index in [-0.39, 0.29) is 0 Å². The number of carbonyl (C=O) groups is 1. The first kappa shape index (κ1) is 9.85. The SMILES string of the molecule is COC(=O)c1csc(-c2cncn2C)n1. The van der Waals surface area contributed by atoms with Crippen LogP contribution in [-0.2, 0) is 11.8 Å². The van der Waals surface area contributed by atoms with E-state index < -0.39 is 5.97 Å². The Morgan fingerprint density at radius 3 is 3.00 bits per heavy atom. The number of methoxy groups -OCH3 is 1. The zero-order chi connectivity index (χ0) is 10.8. The Kier molecular flexibility index (Phi) is 2.51. The fraction of sp³-hybridized carbons (Fsp3) is 0.222. The molecule has 0 saturated carbocycles. The van der Waals surface area contributed by atoms with Crippen molar-refractivity contribution in [1.29, 1.82) is 0 Å². The van der Waals surface area contributed by atoms with Crippen LogP contribution in [0.5, 0.6) is 0 Å². The van der Waals surface area contributed by atoms with Crippen LogP contribution in [0.2, 0.25) is 0 Å². The zero-order valence-corrected chi connectivity index (χ0v) is 9.11. The molecule has 2 rings (SSSR count). The molecule has 0 unspecified atom stereocenters. The van der Waals surface area contributed by atoms with E-state index in [1.165, 1.54) is 18.4 Å². The van der Waals surface area contributed by atoms with Crippen LogP contribution >= 0.6 is 11.3 Å². The molecule has 0 aliphatic carbocycles. The van der Waals surface area contributed by atoms with Gasteiger partial charge in [0.05, 0.1) is 25.3 Å². The van der Waals surface area contributed by atoms with Gasteiger partial charge in [0.25, 0.3) is 0 Å². The van der Waals surface area contributed by atoms with Gasteiger partial charge < -0.3 is 9.30 Å². The minimum Gasteiger partial charge on any atom is -0.464 e. The number of esters is 1. The maximum Gasteiger partial charge on any atom is 0.357 e. The molecule has 15 heavy (non-hydrogen) atoms. The van der Waals surface area contributed by atoms with Gasteiger partial charge in [-0.15, -0.1) is 11.3 Å². The van der Waals surface area contributed by atoms with Crippen molar-refractivity contribution >= 4 is 17.3 Å². The summed E-state index contributed by atoms with van der Waals surface area (Å²) in [6, 6.07) is 0. The van der Waals surface area contributed by atoms with Crippen LogP contribution in [0.25, 0.3) is 10.7 Å². The van der Waals surface area contributed by atoms with Crippen molar-refractivity contribution in [3.05, 3.63) is 23.6 Å². The molecular formula is C9H9N3O2S. The number of hydrogen-bond acceptors (Lipinski definition) is 5. The van der Waals surface area contributed by atoms with Crippen LogP contribution in [0.4, 0.5) is 0 Å². The van der Waals surface area contributed by atoms with Crippen molar-refractivity contribution < 1.29 is 9.53 Å². The molecule has 0 aromatic carbocycles. The Bertz CT molecular complexity index is 489. The standard InChI is InChI=1S/C9H9N3O2S/c1-12-5-10-3-7(12)8-11-6(4-15-8)9(13)14-2/h3-5H,1-2H3. The fourth-order valence-corrected chi connectivity index (χ4v) is 1.99. The lowest BCUT2D eigenvalue weighted by molar-refractivity contribution is 0.0595. The van der Waals surface area contributed by atoms with Gasteiger partial charge in [0, 0.05) is 12.4 Å². The third-order valence-electron chi connectivity index (χ3n) is 1.93. The molecule has 2 aromatic rings. The number of carbonyl (C=O) groups excluding carboxylic acids is 1. The topological polar surface area (TPSA) is 57.0 Å². The highest BCUT2D eigenvalue weighted by molar-refractivity contribution is 7.13. The monoisotopic (exact) mass is 223 g/mol. The molecule has 0 N–H and O–H groups in total. The first-order valence-corrected chi connectivity index (χ1v) is 5.11. The zero-order valence-electron chi connectivity index (χ0n) is 8.30. The third kappa shape index (κ3) is 1.75. The average Bonchev–Trinajstić information content (AvgIpc) is 2.84. The van der Waals surface area contributed by atoms with E-state index in [0.29, 0.717) is 5.69 Å². The van der Waals surface area contributed by atoms with Crippen LogP contribution in [0.1, 0.15) is 10.5 Å². The van der Waals surface area contributed by atoms with Crippen molar-refractivity contribution in [2.45, 2.75) is 0 Å². The molecule has 0 radical (unpaired) electrons. The summed E-state index contributed by atoms with van der Waals surface area (Å²) in [5, 5.41) is 2.43. The highest BCUT2D eigenvalue weighted by atomic mass is 32.1. The normalized spacial score (nSPS) is 10.3. The molecule has 0 aliphatic heterocycles. The predicted molar refractivity (Wildman–Crippen MR) is 55.7 cm³/mol. The third-order valence-corrected chi connectivity index (χ3v) is 2.80. The number of imidazole rings is 1. The van der Waals surface area contributed by atoms with E-state index in [0.717, 1.165) is 10.7 Å². The number of rotatable bonds is 2. The molecule has 2 heterocycles. The number of thiazole rings is 1. The van der Waals surface area contributed by atoms with Gasteiger partial charge in [0.2, 0.25) is 0 Å². The number of nitrogens with zero attached hydrogens (tertiary/aromatic N) is 3. The Balaban J connectivity index is 2.36. The van der Waals surface area contributed by atoms with Gasteiger partial charge in [0.1, 0.15) is 5.01 Å². The Morgan fingerprint density at radius 1 is 1.60 bits per heavy atom. The minimum atomic E-state index is -0.417. The molecule has 0 fully saturated rings. The van der Waals surface area contributed by atoms with Gasteiger partial charge in [-0.05, 0) is 0 Å². The molecule has 0 aliphatic rings. The van der Waals surface area contributed by atoms with Gasteiger partial charge in [-0.3, -0.25) is 0 Å². The van der Waals surface area contributed by atoms with Crippen LogP contribution in [-0.4, -0.2) is 27.6 Å². The Hall–Kier alpha value is -1.69. The summed E-state index contributed by atoms with van der Waals surface area (Å²) in [5.74, 6) is -0.417. The maximum absolute atomic E-state index is 11.2. The summed E-state index contributed by atoms with van der Waals surface area (Å²) in [7, 11) is 3.22. The summed E-state index contributed by atoms with van der Waals surface area (Å²) in [6.07, 6.45) is 3.40. The summed E-state index contributed by atoms with van der Waals surface area (Å²) in [6.45, 7) is 0. The number of aryl methyl sites for hydroxylation is 1. The minimum absolute atomic E-state index is 0.332. The van der Waals surface area contributed by atoms with Gasteiger partial charge in [-0.25, -0.2) is 14.8 Å². The van der Waals surface area contributed by atoms with Crippen molar-refractivity contribution in [2.75, 3.05) is 7.11 Å². The lowest BCUT2D eigenvalue weighted by Crippen LogP contribution is -2.01. The Morgan fingerprint density at radius 2 is 2.40 bits per heavy atom. The van der Waals surface area contributed by atoms with E-state index >= 15 is 0 Å². The highest BCUT2D eigenvalue weighted by Crippen LogP contribution is 2.22. The van der Waals surface area contributed by atoms with Gasteiger partial charge in [0.15, 0.2) is 5.69 Å². The van der Waals surface area contributed by atoms with Gasteiger partial charge in [-0.1, -0.05) is 0 Å². The molecule has 0 bridgehead atoms. The lowest BCUT2D eigenvalue weighted by Gasteiger charge is -1.95. The molecule has 0 atom stereocenters. The van der Waals surface area contributed by atoms with Gasteiger partial charge >= 0.3 is 5.97 Å². The molecule has 5 nitrogen and oxygen atoms in total. The second-order valence-corrected chi connectivity index (χ2v) is 3.78. The molecule has 78 valence electrons. The summed E-state index contributed by atoms with van der Waals surface area (Å²) in [5.41, 5.74) is 1.22. The summed E-state index contributed by atoms with van der Waals surface area (Å²) < 4.78 is 6.43. The van der Waals surface area contributed by atoms with E-state index in [4.69, 9.17) is 0 Å². The molecule has 2 aromatic heterocycles. The smallest absolute Gasteiger partial charge is 0.357 e. The quantitative estimate of drug-likeness (QED) is 0.721. The van der Waals surface area contributed by atoms with Crippen LogP contribution < -0.4 is 0 Å². The van der Waals surface area contributed by atoms with Crippen molar-refractivity contribution in [1.82, 2.24) is 14.5 Å². The van der Waals surface area contributed by atoms with E-state index in [2.05, 4.69) is 14.7 Å². The van der Waals surface area contributed by atoms with Crippen molar-refractivity contribution in [2.24, 2.45) is 7.05 Å². The highest BCUT2D eigenvalue weighted by Gasteiger charge is 2.13. The lowest BCUT2D eigenvalue weighted by atomic mass is 10.4. The fourth-order valence-electron chi connectivity index (χ4n) is 1.15. The maximum atomic E-state index is 11.2. The largest absolute Gasteiger partial charge is 0.464 e. The first-order chi connectivity index (χ1) is 7.22. The van der Waals surface area contributed by atoms with Crippen molar-refractivity contribution in [3.8, 4) is 10.7 Å². The van der Waals surface area contributed by atoms with Crippen molar-refractivity contribution in [3.63, 3.8) is 0 Å². The second kappa shape index (κ2) is 3.82. The van der Waals surface area contributed by atoms with Crippen LogP contribution in [0.3, 0.4) is 0 Å². The molecule has 0 saturated heterocycles. The molecule has 0 amide bonds. The predicted octanol–water partition coefficient (Wildman–Crippen LogP) is 1.33. The van der Waals surface area contributed by atoms with Crippen LogP contribution in [0.15, 0.2) is 17.9 Å². The molecular weight excluding hydrogens is 214 g/mol. The number of hydrogen-bond donors (Lipinski definition) is 0. The Labute approximate surface area is 90.4 Å². The van der Waals surface area contributed by atoms with E-state index in [1.54, 1.807) is 17.9 Å². The number of ether oxygens (including phenoxy) is 1. The van der Waals surface area contributed by atoms with E-state index in [9.17, 15) is 4.79 Å². The molecule has 0 spiro atoms.